The Morgan fingerprint density at radius 1 is 1.13 bits per heavy atom. The van der Waals surface area contributed by atoms with E-state index in [9.17, 15) is 4.79 Å². The van der Waals surface area contributed by atoms with Crippen LogP contribution in [0.2, 0.25) is 15.1 Å². The second kappa shape index (κ2) is 11.2. The van der Waals surface area contributed by atoms with Crippen LogP contribution in [0.15, 0.2) is 50.5 Å². The van der Waals surface area contributed by atoms with Crippen molar-refractivity contribution in [3.8, 4) is 5.75 Å². The minimum absolute atomic E-state index is 0.132. The average molecular weight is 552 g/mol. The van der Waals surface area contributed by atoms with Crippen molar-refractivity contribution in [2.24, 2.45) is 0 Å². The highest BCUT2D eigenvalue weighted by molar-refractivity contribution is 9.10. The molecule has 1 aromatic heterocycles. The molecule has 3 aromatic rings. The van der Waals surface area contributed by atoms with Gasteiger partial charge >= 0.3 is 0 Å². The molecule has 30 heavy (non-hydrogen) atoms. The van der Waals surface area contributed by atoms with Crippen LogP contribution >= 0.6 is 62.5 Å². The highest BCUT2D eigenvalue weighted by Gasteiger charge is 2.11. The summed E-state index contributed by atoms with van der Waals surface area (Å²) in [5.41, 5.74) is 0.612. The fraction of sp³-hybridized carbons (Fsp3) is 0.211. The van der Waals surface area contributed by atoms with Gasteiger partial charge in [0.2, 0.25) is 11.8 Å². The summed E-state index contributed by atoms with van der Waals surface area (Å²) in [6.45, 7) is 0.435. The van der Waals surface area contributed by atoms with Crippen molar-refractivity contribution >= 4 is 74.1 Å². The van der Waals surface area contributed by atoms with Crippen LogP contribution in [0.3, 0.4) is 0 Å². The lowest BCUT2D eigenvalue weighted by atomic mass is 10.3. The van der Waals surface area contributed by atoms with E-state index in [0.29, 0.717) is 57.1 Å². The van der Waals surface area contributed by atoms with Gasteiger partial charge in [-0.3, -0.25) is 4.79 Å². The molecule has 6 nitrogen and oxygen atoms in total. The van der Waals surface area contributed by atoms with Crippen LogP contribution in [0.1, 0.15) is 12.3 Å². The Bertz CT molecular complexity index is 1040. The zero-order chi connectivity index (χ0) is 21.5. The quantitative estimate of drug-likeness (QED) is 0.241. The largest absolute Gasteiger partial charge is 0.492 e. The number of amides is 1. The molecule has 3 rings (SSSR count). The van der Waals surface area contributed by atoms with Crippen molar-refractivity contribution in [2.45, 2.75) is 18.1 Å². The molecule has 0 saturated heterocycles. The first-order valence-corrected chi connectivity index (χ1v) is 11.6. The molecule has 0 radical (unpaired) electrons. The number of carbonyl (C=O) groups is 1. The maximum Gasteiger partial charge on any atom is 0.277 e. The molecule has 0 spiro atoms. The van der Waals surface area contributed by atoms with Crippen LogP contribution in [0.5, 0.6) is 5.75 Å². The third kappa shape index (κ3) is 7.06. The lowest BCUT2D eigenvalue weighted by Crippen LogP contribution is -2.13. The second-order valence-corrected chi connectivity index (χ2v) is 8.99. The van der Waals surface area contributed by atoms with Crippen molar-refractivity contribution in [1.29, 1.82) is 0 Å². The number of carbonyl (C=O) groups excluding carboxylic acids is 1. The lowest BCUT2D eigenvalue weighted by Gasteiger charge is -2.07. The van der Waals surface area contributed by atoms with Crippen LogP contribution in [-0.2, 0) is 11.2 Å². The molecule has 0 unspecified atom stereocenters. The van der Waals surface area contributed by atoms with E-state index in [4.69, 9.17) is 44.0 Å². The molecular weight excluding hydrogens is 537 g/mol. The Kier molecular flexibility index (Phi) is 8.71. The fourth-order valence-electron chi connectivity index (χ4n) is 2.29. The highest BCUT2D eigenvalue weighted by atomic mass is 79.9. The van der Waals surface area contributed by atoms with Gasteiger partial charge in [0, 0.05) is 21.6 Å². The molecule has 1 heterocycles. The topological polar surface area (TPSA) is 77.2 Å². The normalized spacial score (nSPS) is 10.8. The summed E-state index contributed by atoms with van der Waals surface area (Å²) in [5.74, 6) is 0.976. The number of anilines is 1. The Balaban J connectivity index is 1.39. The van der Waals surface area contributed by atoms with Gasteiger partial charge in [0.15, 0.2) is 0 Å². The number of hydrogen-bond donors (Lipinski definition) is 1. The smallest absolute Gasteiger partial charge is 0.277 e. The van der Waals surface area contributed by atoms with Gasteiger partial charge in [-0.2, -0.15) is 0 Å². The van der Waals surface area contributed by atoms with E-state index in [1.807, 2.05) is 0 Å². The highest BCUT2D eigenvalue weighted by Crippen LogP contribution is 2.28. The summed E-state index contributed by atoms with van der Waals surface area (Å²) in [4.78, 5) is 12.1. The number of rotatable bonds is 9. The van der Waals surface area contributed by atoms with Gasteiger partial charge in [-0.05, 0) is 58.7 Å². The molecule has 0 aliphatic rings. The van der Waals surface area contributed by atoms with Gasteiger partial charge in [-0.15, -0.1) is 10.2 Å². The van der Waals surface area contributed by atoms with Gasteiger partial charge in [0.05, 0.1) is 22.4 Å². The maximum atomic E-state index is 12.1. The molecule has 0 saturated carbocycles. The standard InChI is InChI=1S/C19H15BrCl3N3O3S/c20-13-5-4-12(9-14(13)22)24-17(27)10-30-19-26-25-18(29-19)2-1-7-28-16-6-3-11(21)8-15(16)23/h3-6,8-9H,1-2,7,10H2,(H,24,27). The van der Waals surface area contributed by atoms with E-state index in [1.54, 1.807) is 36.4 Å². The van der Waals surface area contributed by atoms with Crippen molar-refractivity contribution < 1.29 is 13.9 Å². The van der Waals surface area contributed by atoms with Gasteiger partial charge < -0.3 is 14.5 Å². The van der Waals surface area contributed by atoms with E-state index in [-0.39, 0.29) is 11.7 Å². The number of thioether (sulfide) groups is 1. The summed E-state index contributed by atoms with van der Waals surface area (Å²) >= 11 is 22.4. The monoisotopic (exact) mass is 549 g/mol. The molecule has 11 heteroatoms. The first-order chi connectivity index (χ1) is 14.4. The predicted molar refractivity (Wildman–Crippen MR) is 123 cm³/mol. The molecule has 1 amide bonds. The number of aromatic nitrogens is 2. The van der Waals surface area contributed by atoms with Crippen LogP contribution < -0.4 is 10.1 Å². The molecule has 0 atom stereocenters. The van der Waals surface area contributed by atoms with E-state index in [0.717, 1.165) is 16.2 Å². The summed E-state index contributed by atoms with van der Waals surface area (Å²) in [6.07, 6.45) is 1.21. The van der Waals surface area contributed by atoms with Crippen LogP contribution in [0.4, 0.5) is 5.69 Å². The summed E-state index contributed by atoms with van der Waals surface area (Å²) in [6, 6.07) is 10.2. The lowest BCUT2D eigenvalue weighted by molar-refractivity contribution is -0.113. The average Bonchev–Trinajstić information content (AvgIpc) is 3.16. The Hall–Kier alpha value is -1.45. The minimum atomic E-state index is -0.202. The second-order valence-electron chi connectivity index (χ2n) is 5.95. The first kappa shape index (κ1) is 23.2. The number of hydrogen-bond acceptors (Lipinski definition) is 6. The zero-order valence-electron chi connectivity index (χ0n) is 15.3. The third-order valence-electron chi connectivity index (χ3n) is 3.66. The van der Waals surface area contributed by atoms with E-state index in [2.05, 4.69) is 31.4 Å². The SMILES string of the molecule is O=C(CSc1nnc(CCCOc2ccc(Cl)cc2Cl)o1)Nc1ccc(Br)c(Cl)c1. The maximum absolute atomic E-state index is 12.1. The molecule has 0 aliphatic carbocycles. The van der Waals surface area contributed by atoms with Gasteiger partial charge in [0.25, 0.3) is 5.22 Å². The van der Waals surface area contributed by atoms with E-state index in [1.165, 1.54) is 0 Å². The molecule has 2 aromatic carbocycles. The number of benzene rings is 2. The summed E-state index contributed by atoms with van der Waals surface area (Å²) < 4.78 is 11.9. The molecule has 0 bridgehead atoms. The van der Waals surface area contributed by atoms with Crippen molar-refractivity contribution in [1.82, 2.24) is 10.2 Å². The van der Waals surface area contributed by atoms with Gasteiger partial charge in [-0.1, -0.05) is 46.6 Å². The van der Waals surface area contributed by atoms with Crippen molar-refractivity contribution in [3.05, 3.63) is 61.8 Å². The summed E-state index contributed by atoms with van der Waals surface area (Å²) in [7, 11) is 0. The number of nitrogens with zero attached hydrogens (tertiary/aromatic N) is 2. The Morgan fingerprint density at radius 2 is 1.97 bits per heavy atom. The fourth-order valence-corrected chi connectivity index (χ4v) is 3.76. The predicted octanol–water partition coefficient (Wildman–Crippen LogP) is 6.53. The molecular formula is C19H15BrCl3N3O3S. The zero-order valence-corrected chi connectivity index (χ0v) is 20.0. The number of aryl methyl sites for hydroxylation is 1. The number of nitrogens with one attached hydrogen (secondary N) is 1. The third-order valence-corrected chi connectivity index (χ3v) is 6.25. The van der Waals surface area contributed by atoms with E-state index < -0.39 is 0 Å². The molecule has 0 fully saturated rings. The molecule has 0 aliphatic heterocycles. The van der Waals surface area contributed by atoms with Crippen molar-refractivity contribution in [3.63, 3.8) is 0 Å². The van der Waals surface area contributed by atoms with Gasteiger partial charge in [-0.25, -0.2) is 0 Å². The number of halogens is 4. The minimum Gasteiger partial charge on any atom is -0.492 e. The van der Waals surface area contributed by atoms with Crippen LogP contribution in [0.25, 0.3) is 0 Å². The Labute approximate surface area is 200 Å². The number of ether oxygens (including phenoxy) is 1. The Morgan fingerprint density at radius 3 is 2.73 bits per heavy atom. The van der Waals surface area contributed by atoms with Crippen LogP contribution in [-0.4, -0.2) is 28.5 Å². The van der Waals surface area contributed by atoms with E-state index >= 15 is 0 Å². The molecule has 1 N–H and O–H groups in total. The molecule has 158 valence electrons. The first-order valence-electron chi connectivity index (χ1n) is 8.68. The van der Waals surface area contributed by atoms with Gasteiger partial charge in [0.1, 0.15) is 5.75 Å². The summed E-state index contributed by atoms with van der Waals surface area (Å²) in [5, 5.41) is 12.5. The van der Waals surface area contributed by atoms with Crippen LogP contribution in [0, 0.1) is 0 Å². The van der Waals surface area contributed by atoms with Crippen molar-refractivity contribution in [2.75, 3.05) is 17.7 Å².